The summed E-state index contributed by atoms with van der Waals surface area (Å²) in [6.07, 6.45) is 0. The van der Waals surface area contributed by atoms with Crippen LogP contribution >= 0.6 is 47.0 Å². The molecule has 0 saturated carbocycles. The van der Waals surface area contributed by atoms with Gasteiger partial charge in [-0.25, -0.2) is 9.97 Å². The molecule has 1 aliphatic rings. The highest BCUT2D eigenvalue weighted by Gasteiger charge is 2.20. The molecule has 4 rings (SSSR count). The number of aromatic nitrogens is 3. The number of hydrogen-bond donors (Lipinski definition) is 2. The lowest BCUT2D eigenvalue weighted by atomic mass is 10.3. The van der Waals surface area contributed by atoms with E-state index in [1.165, 1.54) is 35.5 Å². The predicted molar refractivity (Wildman–Crippen MR) is 135 cm³/mol. The van der Waals surface area contributed by atoms with E-state index in [0.29, 0.717) is 34.8 Å². The normalized spacial score (nSPS) is 13.2. The zero-order valence-electron chi connectivity index (χ0n) is 17.8. The first kappa shape index (κ1) is 23.8. The lowest BCUT2D eigenvalue weighted by Gasteiger charge is -2.13. The van der Waals surface area contributed by atoms with Crippen LogP contribution in [0.4, 0.5) is 5.13 Å². The van der Waals surface area contributed by atoms with Crippen molar-refractivity contribution in [2.24, 2.45) is 10.1 Å². The van der Waals surface area contributed by atoms with Crippen LogP contribution in [0.1, 0.15) is 16.3 Å². The zero-order valence-corrected chi connectivity index (χ0v) is 21.1. The van der Waals surface area contributed by atoms with Crippen molar-refractivity contribution in [3.63, 3.8) is 0 Å². The number of nitrogens with zero attached hydrogens (tertiary/aromatic N) is 5. The van der Waals surface area contributed by atoms with Gasteiger partial charge in [0.1, 0.15) is 28.9 Å². The first-order valence-corrected chi connectivity index (χ1v) is 13.2. The van der Waals surface area contributed by atoms with E-state index in [1.807, 2.05) is 48.3 Å². The maximum absolute atomic E-state index is 13.1. The largest absolute Gasteiger partial charge is 0.492 e. The van der Waals surface area contributed by atoms with Crippen LogP contribution in [0.5, 0.6) is 5.75 Å². The van der Waals surface area contributed by atoms with Gasteiger partial charge in [0, 0.05) is 34.9 Å². The van der Waals surface area contributed by atoms with Crippen molar-refractivity contribution in [3.05, 3.63) is 47.9 Å². The average Bonchev–Trinajstić information content (AvgIpc) is 3.41. The fourth-order valence-corrected chi connectivity index (χ4v) is 5.77. The van der Waals surface area contributed by atoms with Crippen LogP contribution in [0.2, 0.25) is 0 Å². The number of nitrogens with one attached hydrogen (secondary N) is 1. The Hall–Kier alpha value is -2.32. The van der Waals surface area contributed by atoms with Crippen molar-refractivity contribution in [1.29, 1.82) is 0 Å². The summed E-state index contributed by atoms with van der Waals surface area (Å²) in [5.41, 5.74) is 5.80. The Morgan fingerprint density at radius 3 is 2.70 bits per heavy atom. The Morgan fingerprint density at radius 2 is 2.03 bits per heavy atom. The molecule has 0 unspecified atom stereocenters. The molecule has 0 fully saturated rings. The molecule has 1 aromatic carbocycles. The number of nitrogens with two attached hydrogens (primary N) is 1. The number of amidine groups is 1. The van der Waals surface area contributed by atoms with Gasteiger partial charge in [-0.1, -0.05) is 11.8 Å². The molecule has 0 aliphatic carbocycles. The molecule has 3 N–H and O–H groups in total. The van der Waals surface area contributed by atoms with Crippen molar-refractivity contribution in [2.75, 3.05) is 31.4 Å². The maximum atomic E-state index is 13.1. The van der Waals surface area contributed by atoms with Crippen LogP contribution in [0.3, 0.4) is 0 Å². The standard InChI is InChI=1S/C20H21N7O2S4/c1-12-22-19(33-25-12)24-18(28)17-15(31-14-5-3-13(4-6-14)29-10-9-21)7-8-16(23-17)32-20-26-30-11-27(20)2/h3-8H,9-11,21H2,1-2H3,(H,22,24,25,28). The number of ether oxygens (including phenoxy) is 1. The molecule has 0 atom stereocenters. The van der Waals surface area contributed by atoms with Crippen molar-refractivity contribution >= 4 is 63.2 Å². The number of aryl methyl sites for hydroxylation is 1. The van der Waals surface area contributed by atoms with Gasteiger partial charge in [-0.05, 0) is 67.0 Å². The fourth-order valence-electron chi connectivity index (χ4n) is 2.63. The van der Waals surface area contributed by atoms with Crippen molar-refractivity contribution in [3.8, 4) is 5.75 Å². The van der Waals surface area contributed by atoms with Crippen LogP contribution in [-0.2, 0) is 0 Å². The second-order valence-electron chi connectivity index (χ2n) is 6.74. The zero-order chi connectivity index (χ0) is 23.2. The Balaban J connectivity index is 1.58. The van der Waals surface area contributed by atoms with Gasteiger partial charge >= 0.3 is 0 Å². The van der Waals surface area contributed by atoms with Crippen LogP contribution < -0.4 is 15.8 Å². The van der Waals surface area contributed by atoms with Gasteiger partial charge in [-0.15, -0.1) is 0 Å². The van der Waals surface area contributed by atoms with Gasteiger partial charge in [0.15, 0.2) is 5.17 Å². The quantitative estimate of drug-likeness (QED) is 0.423. The molecule has 0 saturated heterocycles. The molecule has 1 amide bonds. The minimum absolute atomic E-state index is 0.315. The smallest absolute Gasteiger partial charge is 0.277 e. The van der Waals surface area contributed by atoms with Crippen molar-refractivity contribution in [1.82, 2.24) is 19.2 Å². The number of pyridine rings is 1. The second-order valence-corrected chi connectivity index (χ2v) is 10.3. The predicted octanol–water partition coefficient (Wildman–Crippen LogP) is 3.98. The first-order chi connectivity index (χ1) is 16.0. The summed E-state index contributed by atoms with van der Waals surface area (Å²) in [7, 11) is 1.97. The number of carbonyl (C=O) groups is 1. The van der Waals surface area contributed by atoms with Crippen LogP contribution in [-0.4, -0.2) is 56.4 Å². The number of amides is 1. The average molecular weight is 520 g/mol. The van der Waals surface area contributed by atoms with Gasteiger partial charge in [0.05, 0.1) is 5.88 Å². The third-order valence-corrected chi connectivity index (χ3v) is 7.87. The second kappa shape index (κ2) is 11.2. The Kier molecular flexibility index (Phi) is 8.09. The van der Waals surface area contributed by atoms with Crippen LogP contribution in [0.15, 0.2) is 55.6 Å². The van der Waals surface area contributed by atoms with E-state index in [4.69, 9.17) is 10.5 Å². The molecule has 1 aliphatic heterocycles. The highest BCUT2D eigenvalue weighted by Crippen LogP contribution is 2.34. The van der Waals surface area contributed by atoms with Gasteiger partial charge in [0.25, 0.3) is 5.91 Å². The summed E-state index contributed by atoms with van der Waals surface area (Å²) in [4.78, 5) is 25.7. The van der Waals surface area contributed by atoms with E-state index in [-0.39, 0.29) is 5.91 Å². The molecule has 3 heterocycles. The van der Waals surface area contributed by atoms with Crippen LogP contribution in [0.25, 0.3) is 0 Å². The SMILES string of the molecule is Cc1nsc(NC(=O)c2nc(SC3=NSCN3C)ccc2Sc2ccc(OCCN)cc2)n1. The van der Waals surface area contributed by atoms with Crippen molar-refractivity contribution in [2.45, 2.75) is 21.7 Å². The van der Waals surface area contributed by atoms with Gasteiger partial charge in [-0.2, -0.15) is 8.77 Å². The van der Waals surface area contributed by atoms with E-state index >= 15 is 0 Å². The Bertz CT molecular complexity index is 1150. The van der Waals surface area contributed by atoms with E-state index in [9.17, 15) is 4.79 Å². The minimum atomic E-state index is -0.338. The molecule has 33 heavy (non-hydrogen) atoms. The van der Waals surface area contributed by atoms with Crippen molar-refractivity contribution < 1.29 is 9.53 Å². The molecular weight excluding hydrogens is 499 g/mol. The highest BCUT2D eigenvalue weighted by atomic mass is 32.2. The summed E-state index contributed by atoms with van der Waals surface area (Å²) in [6.45, 7) is 2.70. The molecule has 172 valence electrons. The number of carbonyl (C=O) groups excluding carboxylic acids is 1. The minimum Gasteiger partial charge on any atom is -0.492 e. The van der Waals surface area contributed by atoms with Gasteiger partial charge < -0.3 is 15.4 Å². The van der Waals surface area contributed by atoms with Gasteiger partial charge in [0.2, 0.25) is 5.13 Å². The number of anilines is 1. The third-order valence-electron chi connectivity index (χ3n) is 4.15. The van der Waals surface area contributed by atoms with Gasteiger partial charge in [-0.3, -0.25) is 10.1 Å². The van der Waals surface area contributed by atoms with E-state index < -0.39 is 0 Å². The summed E-state index contributed by atoms with van der Waals surface area (Å²) in [6, 6.07) is 11.4. The summed E-state index contributed by atoms with van der Waals surface area (Å²) in [5.74, 6) is 1.82. The monoisotopic (exact) mass is 519 g/mol. The molecule has 0 radical (unpaired) electrons. The summed E-state index contributed by atoms with van der Waals surface area (Å²) in [5, 5.41) is 4.79. The molecule has 9 nitrogen and oxygen atoms in total. The molecule has 0 bridgehead atoms. The molecular formula is C20H21N7O2S4. The number of benzene rings is 1. The van der Waals surface area contributed by atoms with E-state index in [1.54, 1.807) is 6.92 Å². The number of hydrogen-bond acceptors (Lipinski definition) is 12. The molecule has 3 aromatic rings. The van der Waals surface area contributed by atoms with Crippen LogP contribution in [0, 0.1) is 6.92 Å². The molecule has 2 aromatic heterocycles. The third kappa shape index (κ3) is 6.38. The lowest BCUT2D eigenvalue weighted by Crippen LogP contribution is -2.19. The number of thioether (sulfide) groups is 1. The fraction of sp³-hybridized carbons (Fsp3) is 0.250. The number of rotatable bonds is 8. The first-order valence-electron chi connectivity index (χ1n) is 9.84. The van der Waals surface area contributed by atoms with E-state index in [0.717, 1.165) is 38.1 Å². The Morgan fingerprint density at radius 1 is 1.21 bits per heavy atom. The maximum Gasteiger partial charge on any atom is 0.277 e. The molecule has 13 heteroatoms. The summed E-state index contributed by atoms with van der Waals surface area (Å²) >= 11 is 5.50. The lowest BCUT2D eigenvalue weighted by molar-refractivity contribution is 0.101. The Labute approximate surface area is 208 Å². The summed E-state index contributed by atoms with van der Waals surface area (Å²) < 4.78 is 14.1. The highest BCUT2D eigenvalue weighted by molar-refractivity contribution is 8.15. The van der Waals surface area contributed by atoms with E-state index in [2.05, 4.69) is 24.1 Å². The molecule has 0 spiro atoms. The topological polar surface area (TPSA) is 119 Å².